The van der Waals surface area contributed by atoms with E-state index in [4.69, 9.17) is 4.52 Å². The number of benzene rings is 1. The summed E-state index contributed by atoms with van der Waals surface area (Å²) >= 11 is 0. The van der Waals surface area contributed by atoms with Gasteiger partial charge < -0.3 is 15.2 Å². The Bertz CT molecular complexity index is 835. The molecule has 0 bridgehead atoms. The number of sulfonamides is 1. The largest absolute Gasteiger partial charge is 0.360 e. The number of hydrogen-bond donors (Lipinski definition) is 3. The quantitative estimate of drug-likeness (QED) is 0.766. The lowest BCUT2D eigenvalue weighted by Crippen LogP contribution is -2.30. The highest BCUT2D eigenvalue weighted by Crippen LogP contribution is 2.23. The van der Waals surface area contributed by atoms with Crippen LogP contribution in [-0.2, 0) is 10.0 Å². The van der Waals surface area contributed by atoms with Crippen LogP contribution >= 0.6 is 0 Å². The Kier molecular flexibility index (Phi) is 4.18. The number of anilines is 2. The number of nitrogens with one attached hydrogen (secondary N) is 3. The number of hydrogen-bond acceptors (Lipinski definition) is 5. The Balaban J connectivity index is 1.68. The van der Waals surface area contributed by atoms with E-state index >= 15 is 0 Å². The maximum Gasteiger partial charge on any atom is 0.319 e. The predicted molar refractivity (Wildman–Crippen MR) is 88.4 cm³/mol. The van der Waals surface area contributed by atoms with E-state index in [2.05, 4.69) is 20.5 Å². The molecular weight excluding hydrogens is 332 g/mol. The molecule has 0 radical (unpaired) electrons. The zero-order valence-electron chi connectivity index (χ0n) is 13.3. The molecule has 3 rings (SSSR count). The summed E-state index contributed by atoms with van der Waals surface area (Å²) in [5, 5.41) is 9.15. The summed E-state index contributed by atoms with van der Waals surface area (Å²) in [4.78, 5) is 11.7. The Morgan fingerprint density at radius 1 is 1.17 bits per heavy atom. The van der Waals surface area contributed by atoms with Crippen molar-refractivity contribution in [3.63, 3.8) is 0 Å². The van der Waals surface area contributed by atoms with E-state index in [1.54, 1.807) is 38.1 Å². The van der Waals surface area contributed by atoms with Gasteiger partial charge in [-0.1, -0.05) is 5.16 Å². The molecular formula is C15H18N4O4S. The fraction of sp³-hybridized carbons (Fsp3) is 0.333. The lowest BCUT2D eigenvalue weighted by Gasteiger charge is -2.09. The molecule has 1 heterocycles. The van der Waals surface area contributed by atoms with Crippen molar-refractivity contribution in [1.29, 1.82) is 0 Å². The molecule has 1 aliphatic carbocycles. The molecule has 0 spiro atoms. The van der Waals surface area contributed by atoms with Gasteiger partial charge in [0.1, 0.15) is 5.69 Å². The van der Waals surface area contributed by atoms with Crippen molar-refractivity contribution < 1.29 is 17.7 Å². The van der Waals surface area contributed by atoms with Gasteiger partial charge in [0.05, 0.1) is 0 Å². The lowest BCUT2D eigenvalue weighted by atomic mass is 10.3. The topological polar surface area (TPSA) is 113 Å². The molecule has 1 aliphatic rings. The van der Waals surface area contributed by atoms with Crippen LogP contribution in [-0.4, -0.2) is 25.6 Å². The predicted octanol–water partition coefficient (Wildman–Crippen LogP) is 2.38. The van der Waals surface area contributed by atoms with Gasteiger partial charge in [-0.05, 0) is 51.0 Å². The fourth-order valence-corrected chi connectivity index (χ4v) is 3.66. The summed E-state index contributed by atoms with van der Waals surface area (Å²) in [6.07, 6.45) is 2.02. The highest BCUT2D eigenvalue weighted by atomic mass is 32.2. The lowest BCUT2D eigenvalue weighted by molar-refractivity contribution is 0.251. The first-order valence-corrected chi connectivity index (χ1v) is 8.97. The maximum atomic E-state index is 12.4. The van der Waals surface area contributed by atoms with Gasteiger partial charge in [0.25, 0.3) is 10.0 Å². The van der Waals surface area contributed by atoms with Gasteiger partial charge in [-0.2, -0.15) is 0 Å². The van der Waals surface area contributed by atoms with E-state index in [1.807, 2.05) is 0 Å². The molecule has 0 unspecified atom stereocenters. The normalized spacial score (nSPS) is 14.2. The first kappa shape index (κ1) is 16.3. The van der Waals surface area contributed by atoms with Gasteiger partial charge >= 0.3 is 6.03 Å². The average molecular weight is 350 g/mol. The van der Waals surface area contributed by atoms with Crippen molar-refractivity contribution in [2.45, 2.75) is 37.6 Å². The SMILES string of the molecule is Cc1noc(C)c1S(=O)(=O)Nc1ccc(NC(=O)NC2CC2)cc1. The van der Waals surface area contributed by atoms with E-state index in [-0.39, 0.29) is 22.7 Å². The van der Waals surface area contributed by atoms with Gasteiger partial charge in [0.2, 0.25) is 0 Å². The third kappa shape index (κ3) is 3.67. The summed E-state index contributed by atoms with van der Waals surface area (Å²) in [5.41, 5.74) is 1.26. The molecule has 3 N–H and O–H groups in total. The molecule has 0 atom stereocenters. The Hall–Kier alpha value is -2.55. The number of carbonyl (C=O) groups excluding carboxylic acids is 1. The van der Waals surface area contributed by atoms with Gasteiger partial charge in [-0.15, -0.1) is 0 Å². The van der Waals surface area contributed by atoms with Crippen LogP contribution in [0, 0.1) is 13.8 Å². The average Bonchev–Trinajstić information content (AvgIpc) is 3.23. The summed E-state index contributed by atoms with van der Waals surface area (Å²) in [7, 11) is -3.78. The number of urea groups is 1. The van der Waals surface area contributed by atoms with Crippen molar-refractivity contribution in [2.75, 3.05) is 10.0 Å². The summed E-state index contributed by atoms with van der Waals surface area (Å²) in [6, 6.07) is 6.40. The van der Waals surface area contributed by atoms with Gasteiger partial charge in [-0.25, -0.2) is 13.2 Å². The van der Waals surface area contributed by atoms with E-state index < -0.39 is 10.0 Å². The molecule has 1 aromatic carbocycles. The Labute approximate surface area is 139 Å². The minimum Gasteiger partial charge on any atom is -0.360 e. The molecule has 8 nitrogen and oxygen atoms in total. The Morgan fingerprint density at radius 3 is 2.33 bits per heavy atom. The number of nitrogens with zero attached hydrogens (tertiary/aromatic N) is 1. The van der Waals surface area contributed by atoms with Crippen molar-refractivity contribution in [1.82, 2.24) is 10.5 Å². The van der Waals surface area contributed by atoms with Crippen LogP contribution in [0.15, 0.2) is 33.7 Å². The van der Waals surface area contributed by atoms with E-state index in [0.717, 1.165) is 12.8 Å². The van der Waals surface area contributed by atoms with Crippen molar-refractivity contribution in [3.8, 4) is 0 Å². The number of aromatic nitrogens is 1. The molecule has 9 heteroatoms. The molecule has 128 valence electrons. The first-order valence-electron chi connectivity index (χ1n) is 7.48. The van der Waals surface area contributed by atoms with E-state index in [1.165, 1.54) is 0 Å². The minimum absolute atomic E-state index is 0.0357. The highest BCUT2D eigenvalue weighted by molar-refractivity contribution is 7.92. The number of amides is 2. The van der Waals surface area contributed by atoms with Crippen LogP contribution in [0.2, 0.25) is 0 Å². The second-order valence-electron chi connectivity index (χ2n) is 5.71. The minimum atomic E-state index is -3.78. The summed E-state index contributed by atoms with van der Waals surface area (Å²) in [6.45, 7) is 3.11. The molecule has 0 aliphatic heterocycles. The zero-order chi connectivity index (χ0) is 17.3. The smallest absolute Gasteiger partial charge is 0.319 e. The van der Waals surface area contributed by atoms with Crippen molar-refractivity contribution >= 4 is 27.4 Å². The molecule has 2 amide bonds. The van der Waals surface area contributed by atoms with E-state index in [0.29, 0.717) is 17.1 Å². The Morgan fingerprint density at radius 2 is 1.79 bits per heavy atom. The van der Waals surface area contributed by atoms with Gasteiger partial charge in [-0.3, -0.25) is 4.72 Å². The van der Waals surface area contributed by atoms with Crippen LogP contribution in [0.5, 0.6) is 0 Å². The number of rotatable bonds is 5. The van der Waals surface area contributed by atoms with Crippen LogP contribution in [0.4, 0.5) is 16.2 Å². The summed E-state index contributed by atoms with van der Waals surface area (Å²) in [5.74, 6) is 0.232. The molecule has 1 fully saturated rings. The number of carbonyl (C=O) groups is 1. The highest BCUT2D eigenvalue weighted by Gasteiger charge is 2.24. The molecule has 24 heavy (non-hydrogen) atoms. The maximum absolute atomic E-state index is 12.4. The van der Waals surface area contributed by atoms with Gasteiger partial charge in [0.15, 0.2) is 10.7 Å². The number of aryl methyl sites for hydroxylation is 2. The zero-order valence-corrected chi connectivity index (χ0v) is 14.1. The van der Waals surface area contributed by atoms with Crippen LogP contribution in [0.25, 0.3) is 0 Å². The van der Waals surface area contributed by atoms with Crippen molar-refractivity contribution in [3.05, 3.63) is 35.7 Å². The standard InChI is InChI=1S/C15H18N4O4S/c1-9-14(10(2)23-18-9)24(21,22)19-13-7-5-12(6-8-13)17-15(20)16-11-3-4-11/h5-8,11,19H,3-4H2,1-2H3,(H2,16,17,20). The third-order valence-electron chi connectivity index (χ3n) is 3.54. The fourth-order valence-electron chi connectivity index (χ4n) is 2.27. The van der Waals surface area contributed by atoms with Crippen molar-refractivity contribution in [2.24, 2.45) is 0 Å². The second-order valence-corrected chi connectivity index (χ2v) is 7.33. The van der Waals surface area contributed by atoms with Gasteiger partial charge in [0, 0.05) is 17.4 Å². The second kappa shape index (κ2) is 6.16. The van der Waals surface area contributed by atoms with E-state index in [9.17, 15) is 13.2 Å². The first-order chi connectivity index (χ1) is 11.3. The molecule has 1 aromatic heterocycles. The van der Waals surface area contributed by atoms with Crippen LogP contribution < -0.4 is 15.4 Å². The third-order valence-corrected chi connectivity index (χ3v) is 5.17. The molecule has 1 saturated carbocycles. The summed E-state index contributed by atoms with van der Waals surface area (Å²) < 4.78 is 32.2. The van der Waals surface area contributed by atoms with Crippen LogP contribution in [0.3, 0.4) is 0 Å². The molecule has 0 saturated heterocycles. The van der Waals surface area contributed by atoms with Crippen LogP contribution in [0.1, 0.15) is 24.3 Å². The monoisotopic (exact) mass is 350 g/mol. The molecule has 2 aromatic rings.